The second-order valence-electron chi connectivity index (χ2n) is 2.75. The summed E-state index contributed by atoms with van der Waals surface area (Å²) in [6, 6.07) is 1.37. The monoisotopic (exact) mass is 229 g/mol. The summed E-state index contributed by atoms with van der Waals surface area (Å²) in [5.41, 5.74) is -2.18. The van der Waals surface area contributed by atoms with Gasteiger partial charge in [0.1, 0.15) is 5.66 Å². The highest BCUT2D eigenvalue weighted by molar-refractivity contribution is 7.59. The molecule has 0 N–H and O–H groups in total. The minimum Gasteiger partial charge on any atom is -0.328 e. The molecule has 0 aromatic rings. The lowest BCUT2D eigenvalue weighted by Crippen LogP contribution is -2.29. The van der Waals surface area contributed by atoms with Crippen molar-refractivity contribution < 1.29 is 22.3 Å². The molecule has 0 saturated carbocycles. The molecule has 0 radical (unpaired) electrons. The highest BCUT2D eigenvalue weighted by Crippen LogP contribution is 2.55. The maximum absolute atomic E-state index is 12.3. The third-order valence-corrected chi connectivity index (χ3v) is 3.99. The average Bonchev–Trinajstić information content (AvgIpc) is 1.97. The molecule has 0 aromatic heterocycles. The lowest BCUT2D eigenvalue weighted by Gasteiger charge is -2.23. The first-order chi connectivity index (χ1) is 6.25. The van der Waals surface area contributed by atoms with Crippen molar-refractivity contribution in [3.8, 4) is 6.07 Å². The zero-order chi connectivity index (χ0) is 11.4. The Hall–Kier alpha value is -0.530. The lowest BCUT2D eigenvalue weighted by atomic mass is 10.3. The number of halogens is 3. The second-order valence-corrected chi connectivity index (χ2v) is 5.45. The molecule has 0 rings (SSSR count). The summed E-state index contributed by atoms with van der Waals surface area (Å²) in [6.07, 6.45) is -5.49. The minimum atomic E-state index is -4.66. The van der Waals surface area contributed by atoms with E-state index in [9.17, 15) is 17.7 Å². The average molecular weight is 229 g/mol. The van der Waals surface area contributed by atoms with Crippen molar-refractivity contribution in [1.29, 1.82) is 5.26 Å². The van der Waals surface area contributed by atoms with E-state index in [2.05, 4.69) is 4.52 Å². The van der Waals surface area contributed by atoms with Crippen LogP contribution in [0, 0.1) is 11.3 Å². The number of hydrogen-bond acceptors (Lipinski definition) is 3. The molecule has 14 heavy (non-hydrogen) atoms. The number of nitriles is 1. The molecule has 0 aliphatic rings. The molecular weight excluding hydrogens is 218 g/mol. The van der Waals surface area contributed by atoms with Crippen LogP contribution < -0.4 is 0 Å². The van der Waals surface area contributed by atoms with E-state index in [-0.39, 0.29) is 6.61 Å². The van der Waals surface area contributed by atoms with Crippen molar-refractivity contribution in [2.45, 2.75) is 25.2 Å². The van der Waals surface area contributed by atoms with Crippen molar-refractivity contribution in [3.05, 3.63) is 0 Å². The summed E-state index contributed by atoms with van der Waals surface area (Å²) < 4.78 is 53.0. The maximum Gasteiger partial charge on any atom is 0.401 e. The van der Waals surface area contributed by atoms with Gasteiger partial charge in [-0.1, -0.05) is 0 Å². The first-order valence-electron chi connectivity index (χ1n) is 3.91. The van der Waals surface area contributed by atoms with Gasteiger partial charge in [0, 0.05) is 6.66 Å². The fraction of sp³-hybridized carbons (Fsp3) is 0.857. The molecule has 2 atom stereocenters. The van der Waals surface area contributed by atoms with Gasteiger partial charge in [-0.25, -0.2) is 0 Å². The predicted octanol–water partition coefficient (Wildman–Crippen LogP) is 2.78. The van der Waals surface area contributed by atoms with Crippen molar-refractivity contribution in [1.82, 2.24) is 0 Å². The van der Waals surface area contributed by atoms with Gasteiger partial charge in [0.15, 0.2) is 0 Å². The summed E-state index contributed by atoms with van der Waals surface area (Å²) in [6.45, 7) is 2.30. The molecule has 2 unspecified atom stereocenters. The Labute approximate surface area is 80.3 Å². The van der Waals surface area contributed by atoms with Gasteiger partial charge in [-0.2, -0.15) is 18.4 Å². The summed E-state index contributed by atoms with van der Waals surface area (Å²) in [5.74, 6) is 0. The standard InChI is InChI=1S/C7H11F3NO2P/c1-3-13-14(2,12)6(4-5-11)7(8,9)10/h6H,3-4H2,1-2H3. The molecule has 0 aliphatic carbocycles. The highest BCUT2D eigenvalue weighted by Gasteiger charge is 2.49. The Morgan fingerprint density at radius 2 is 2.07 bits per heavy atom. The topological polar surface area (TPSA) is 50.1 Å². The quantitative estimate of drug-likeness (QED) is 0.696. The van der Waals surface area contributed by atoms with Crippen LogP contribution in [0.5, 0.6) is 0 Å². The van der Waals surface area contributed by atoms with Crippen molar-refractivity contribution in [2.75, 3.05) is 13.3 Å². The van der Waals surface area contributed by atoms with Crippen molar-refractivity contribution in [2.24, 2.45) is 0 Å². The molecule has 0 bridgehead atoms. The molecular formula is C7H11F3NO2P. The van der Waals surface area contributed by atoms with Gasteiger partial charge >= 0.3 is 6.18 Å². The smallest absolute Gasteiger partial charge is 0.328 e. The molecule has 0 heterocycles. The normalized spacial score (nSPS) is 18.3. The molecule has 0 aromatic carbocycles. The molecule has 0 amide bonds. The van der Waals surface area contributed by atoms with Gasteiger partial charge in [0.2, 0.25) is 7.37 Å². The second kappa shape index (κ2) is 4.81. The summed E-state index contributed by atoms with van der Waals surface area (Å²) in [4.78, 5) is 0. The van der Waals surface area contributed by atoms with Gasteiger partial charge < -0.3 is 4.52 Å². The summed E-state index contributed by atoms with van der Waals surface area (Å²) in [5, 5.41) is 8.20. The first-order valence-corrected chi connectivity index (χ1v) is 6.05. The van der Waals surface area contributed by atoms with E-state index in [1.165, 1.54) is 13.0 Å². The van der Waals surface area contributed by atoms with E-state index < -0.39 is 25.6 Å². The van der Waals surface area contributed by atoms with Crippen LogP contribution in [0.15, 0.2) is 0 Å². The third kappa shape index (κ3) is 3.69. The van der Waals surface area contributed by atoms with E-state index in [4.69, 9.17) is 5.26 Å². The van der Waals surface area contributed by atoms with E-state index in [1.807, 2.05) is 0 Å². The molecule has 0 saturated heterocycles. The zero-order valence-corrected chi connectivity index (χ0v) is 8.73. The van der Waals surface area contributed by atoms with E-state index in [0.29, 0.717) is 0 Å². The van der Waals surface area contributed by atoms with Crippen LogP contribution in [0.1, 0.15) is 13.3 Å². The fourth-order valence-corrected chi connectivity index (χ4v) is 2.62. The van der Waals surface area contributed by atoms with Gasteiger partial charge in [-0.3, -0.25) is 4.57 Å². The Bertz CT molecular complexity index is 271. The maximum atomic E-state index is 12.3. The third-order valence-electron chi connectivity index (χ3n) is 1.61. The molecule has 0 spiro atoms. The number of hydrogen-bond donors (Lipinski definition) is 0. The Morgan fingerprint density at radius 3 is 2.36 bits per heavy atom. The fourth-order valence-electron chi connectivity index (χ4n) is 0.980. The highest BCUT2D eigenvalue weighted by atomic mass is 31.2. The van der Waals surface area contributed by atoms with Crippen LogP contribution in [0.25, 0.3) is 0 Å². The largest absolute Gasteiger partial charge is 0.401 e. The first kappa shape index (κ1) is 13.5. The van der Waals surface area contributed by atoms with E-state index in [1.54, 1.807) is 0 Å². The van der Waals surface area contributed by atoms with Crippen molar-refractivity contribution in [3.63, 3.8) is 0 Å². The number of rotatable bonds is 4. The molecule has 82 valence electrons. The van der Waals surface area contributed by atoms with E-state index in [0.717, 1.165) is 6.66 Å². The summed E-state index contributed by atoms with van der Waals surface area (Å²) in [7, 11) is -3.79. The van der Waals surface area contributed by atoms with Gasteiger partial charge in [-0.15, -0.1) is 0 Å². The Kier molecular flexibility index (Phi) is 4.63. The number of nitrogens with zero attached hydrogens (tertiary/aromatic N) is 1. The SMILES string of the molecule is CCOP(C)(=O)C(CC#N)C(F)(F)F. The van der Waals surface area contributed by atoms with E-state index >= 15 is 0 Å². The number of alkyl halides is 3. The molecule has 0 fully saturated rings. The lowest BCUT2D eigenvalue weighted by molar-refractivity contribution is -0.131. The van der Waals surface area contributed by atoms with Crippen LogP contribution in [-0.2, 0) is 9.09 Å². The predicted molar refractivity (Wildman–Crippen MR) is 45.2 cm³/mol. The van der Waals surface area contributed by atoms with Crippen LogP contribution >= 0.6 is 7.37 Å². The molecule has 7 heteroatoms. The van der Waals surface area contributed by atoms with Gasteiger partial charge in [0.25, 0.3) is 0 Å². The van der Waals surface area contributed by atoms with Gasteiger partial charge in [0.05, 0.1) is 19.1 Å². The van der Waals surface area contributed by atoms with Crippen LogP contribution in [-0.4, -0.2) is 25.1 Å². The Morgan fingerprint density at radius 1 is 1.57 bits per heavy atom. The van der Waals surface area contributed by atoms with Crippen LogP contribution in [0.3, 0.4) is 0 Å². The minimum absolute atomic E-state index is 0.0637. The summed E-state index contributed by atoms with van der Waals surface area (Å²) >= 11 is 0. The zero-order valence-electron chi connectivity index (χ0n) is 7.84. The van der Waals surface area contributed by atoms with Crippen LogP contribution in [0.2, 0.25) is 0 Å². The molecule has 3 nitrogen and oxygen atoms in total. The van der Waals surface area contributed by atoms with Crippen molar-refractivity contribution >= 4 is 7.37 Å². The van der Waals surface area contributed by atoms with Crippen LogP contribution in [0.4, 0.5) is 13.2 Å². The Balaban J connectivity index is 4.84. The molecule has 0 aliphatic heterocycles. The van der Waals surface area contributed by atoms with Gasteiger partial charge in [-0.05, 0) is 6.92 Å².